The standard InChI is InChI=1S/C15H17FN2O2/c1-20-12-7-5-6-11(16)13(12)14(19)18-15(10-17)8-3-2-4-9-15/h5-7H,2-4,8-9H2,1H3,(H,18,19). The van der Waals surface area contributed by atoms with E-state index in [0.717, 1.165) is 19.3 Å². The van der Waals surface area contributed by atoms with Crippen molar-refractivity contribution in [2.24, 2.45) is 0 Å². The Balaban J connectivity index is 2.26. The summed E-state index contributed by atoms with van der Waals surface area (Å²) in [4.78, 5) is 12.3. The number of halogens is 1. The average molecular weight is 276 g/mol. The van der Waals surface area contributed by atoms with Crippen molar-refractivity contribution in [2.45, 2.75) is 37.6 Å². The zero-order valence-electron chi connectivity index (χ0n) is 11.4. The van der Waals surface area contributed by atoms with Gasteiger partial charge < -0.3 is 10.1 Å². The van der Waals surface area contributed by atoms with Crippen LogP contribution in [0.2, 0.25) is 0 Å². The van der Waals surface area contributed by atoms with E-state index in [1.165, 1.54) is 25.3 Å². The van der Waals surface area contributed by atoms with Gasteiger partial charge in [-0.2, -0.15) is 5.26 Å². The van der Waals surface area contributed by atoms with E-state index in [-0.39, 0.29) is 11.3 Å². The van der Waals surface area contributed by atoms with Crippen molar-refractivity contribution >= 4 is 5.91 Å². The second-order valence-electron chi connectivity index (χ2n) is 5.03. The van der Waals surface area contributed by atoms with Crippen molar-refractivity contribution in [3.8, 4) is 11.8 Å². The highest BCUT2D eigenvalue weighted by atomic mass is 19.1. The van der Waals surface area contributed by atoms with E-state index in [2.05, 4.69) is 11.4 Å². The fraction of sp³-hybridized carbons (Fsp3) is 0.467. The third-order valence-corrected chi connectivity index (χ3v) is 3.70. The number of ether oxygens (including phenoxy) is 1. The Morgan fingerprint density at radius 1 is 1.40 bits per heavy atom. The van der Waals surface area contributed by atoms with Gasteiger partial charge in [-0.15, -0.1) is 0 Å². The van der Waals surface area contributed by atoms with Gasteiger partial charge in [-0.1, -0.05) is 25.3 Å². The number of rotatable bonds is 3. The first-order chi connectivity index (χ1) is 9.62. The molecule has 2 rings (SSSR count). The molecule has 0 aliphatic heterocycles. The van der Waals surface area contributed by atoms with Crippen LogP contribution < -0.4 is 10.1 Å². The normalized spacial score (nSPS) is 17.1. The molecule has 1 aromatic carbocycles. The van der Waals surface area contributed by atoms with Gasteiger partial charge in [-0.3, -0.25) is 4.79 Å². The average Bonchev–Trinajstić information content (AvgIpc) is 2.47. The molecule has 0 saturated heterocycles. The summed E-state index contributed by atoms with van der Waals surface area (Å²) >= 11 is 0. The lowest BCUT2D eigenvalue weighted by atomic mass is 9.82. The quantitative estimate of drug-likeness (QED) is 0.923. The predicted molar refractivity (Wildman–Crippen MR) is 71.8 cm³/mol. The molecule has 0 spiro atoms. The van der Waals surface area contributed by atoms with Gasteiger partial charge in [-0.05, 0) is 25.0 Å². The Kier molecular flexibility index (Phi) is 4.23. The molecule has 1 saturated carbocycles. The van der Waals surface area contributed by atoms with Crippen LogP contribution in [0.1, 0.15) is 42.5 Å². The largest absolute Gasteiger partial charge is 0.496 e. The Bertz CT molecular complexity index is 545. The number of nitriles is 1. The molecular weight excluding hydrogens is 259 g/mol. The molecule has 0 unspecified atom stereocenters. The molecule has 0 radical (unpaired) electrons. The summed E-state index contributed by atoms with van der Waals surface area (Å²) in [5.41, 5.74) is -1.03. The third-order valence-electron chi connectivity index (χ3n) is 3.70. The molecule has 1 fully saturated rings. The smallest absolute Gasteiger partial charge is 0.259 e. The van der Waals surface area contributed by atoms with E-state index in [1.807, 2.05) is 0 Å². The number of hydrogen-bond donors (Lipinski definition) is 1. The number of hydrogen-bond acceptors (Lipinski definition) is 3. The molecule has 4 nitrogen and oxygen atoms in total. The van der Waals surface area contributed by atoms with Crippen molar-refractivity contribution < 1.29 is 13.9 Å². The molecule has 1 aliphatic carbocycles. The minimum atomic E-state index is -0.886. The summed E-state index contributed by atoms with van der Waals surface area (Å²) in [5.74, 6) is -1.07. The van der Waals surface area contributed by atoms with Gasteiger partial charge in [0.05, 0.1) is 13.2 Å². The van der Waals surface area contributed by atoms with Gasteiger partial charge in [0.25, 0.3) is 5.91 Å². The molecule has 5 heteroatoms. The minimum absolute atomic E-state index is 0.143. The van der Waals surface area contributed by atoms with E-state index in [9.17, 15) is 14.4 Å². The van der Waals surface area contributed by atoms with Crippen LogP contribution in [-0.4, -0.2) is 18.6 Å². The van der Waals surface area contributed by atoms with Crippen molar-refractivity contribution in [2.75, 3.05) is 7.11 Å². The SMILES string of the molecule is COc1cccc(F)c1C(=O)NC1(C#N)CCCCC1. The first-order valence-electron chi connectivity index (χ1n) is 6.68. The number of methoxy groups -OCH3 is 1. The molecular formula is C15H17FN2O2. The Hall–Kier alpha value is -2.09. The van der Waals surface area contributed by atoms with Crippen molar-refractivity contribution in [1.29, 1.82) is 5.26 Å². The van der Waals surface area contributed by atoms with Gasteiger partial charge in [0.1, 0.15) is 22.7 Å². The monoisotopic (exact) mass is 276 g/mol. The maximum absolute atomic E-state index is 13.8. The number of nitrogens with one attached hydrogen (secondary N) is 1. The second kappa shape index (κ2) is 5.91. The zero-order valence-corrected chi connectivity index (χ0v) is 11.4. The van der Waals surface area contributed by atoms with Gasteiger partial charge in [0, 0.05) is 0 Å². The molecule has 1 aliphatic rings. The first kappa shape index (κ1) is 14.3. The highest BCUT2D eigenvalue weighted by molar-refractivity contribution is 5.97. The van der Waals surface area contributed by atoms with Crippen LogP contribution in [0.25, 0.3) is 0 Å². The Morgan fingerprint density at radius 3 is 2.70 bits per heavy atom. The lowest BCUT2D eigenvalue weighted by Gasteiger charge is -2.31. The summed E-state index contributed by atoms with van der Waals surface area (Å²) in [6, 6.07) is 6.39. The van der Waals surface area contributed by atoms with E-state index < -0.39 is 17.3 Å². The molecule has 1 amide bonds. The number of amides is 1. The number of carbonyl (C=O) groups is 1. The number of nitrogens with zero attached hydrogens (tertiary/aromatic N) is 1. The molecule has 20 heavy (non-hydrogen) atoms. The fourth-order valence-corrected chi connectivity index (χ4v) is 2.59. The molecule has 106 valence electrons. The van der Waals surface area contributed by atoms with E-state index >= 15 is 0 Å². The van der Waals surface area contributed by atoms with Crippen LogP contribution in [-0.2, 0) is 0 Å². The Labute approximate surface area is 117 Å². The summed E-state index contributed by atoms with van der Waals surface area (Å²) in [5, 5.41) is 12.0. The number of carbonyl (C=O) groups excluding carboxylic acids is 1. The van der Waals surface area contributed by atoms with Crippen LogP contribution in [0.3, 0.4) is 0 Å². The van der Waals surface area contributed by atoms with Crippen LogP contribution in [0, 0.1) is 17.1 Å². The maximum atomic E-state index is 13.8. The van der Waals surface area contributed by atoms with Gasteiger partial charge >= 0.3 is 0 Å². The number of benzene rings is 1. The maximum Gasteiger partial charge on any atom is 0.259 e. The minimum Gasteiger partial charge on any atom is -0.496 e. The van der Waals surface area contributed by atoms with Gasteiger partial charge in [0.2, 0.25) is 0 Å². The summed E-state index contributed by atoms with van der Waals surface area (Å²) in [6.45, 7) is 0. The van der Waals surface area contributed by atoms with Crippen LogP contribution in [0.4, 0.5) is 4.39 Å². The Morgan fingerprint density at radius 2 is 2.10 bits per heavy atom. The first-order valence-corrected chi connectivity index (χ1v) is 6.68. The lowest BCUT2D eigenvalue weighted by Crippen LogP contribution is -2.48. The molecule has 1 aromatic rings. The molecule has 0 heterocycles. The van der Waals surface area contributed by atoms with E-state index in [4.69, 9.17) is 4.74 Å². The summed E-state index contributed by atoms with van der Waals surface area (Å²) in [6.07, 6.45) is 4.05. The zero-order chi connectivity index (χ0) is 14.6. The van der Waals surface area contributed by atoms with Crippen LogP contribution >= 0.6 is 0 Å². The topological polar surface area (TPSA) is 62.1 Å². The highest BCUT2D eigenvalue weighted by Crippen LogP contribution is 2.29. The second-order valence-corrected chi connectivity index (χ2v) is 5.03. The molecule has 0 atom stereocenters. The van der Waals surface area contributed by atoms with Gasteiger partial charge in [-0.25, -0.2) is 4.39 Å². The summed E-state index contributed by atoms with van der Waals surface area (Å²) in [7, 11) is 1.38. The van der Waals surface area contributed by atoms with Crippen molar-refractivity contribution in [3.05, 3.63) is 29.6 Å². The molecule has 0 bridgehead atoms. The van der Waals surface area contributed by atoms with Crippen molar-refractivity contribution in [1.82, 2.24) is 5.32 Å². The predicted octanol–water partition coefficient (Wildman–Crippen LogP) is 2.79. The highest BCUT2D eigenvalue weighted by Gasteiger charge is 2.35. The van der Waals surface area contributed by atoms with E-state index in [1.54, 1.807) is 0 Å². The van der Waals surface area contributed by atoms with Crippen LogP contribution in [0.15, 0.2) is 18.2 Å². The van der Waals surface area contributed by atoms with E-state index in [0.29, 0.717) is 12.8 Å². The molecule has 1 N–H and O–H groups in total. The third kappa shape index (κ3) is 2.74. The van der Waals surface area contributed by atoms with Crippen molar-refractivity contribution in [3.63, 3.8) is 0 Å². The van der Waals surface area contributed by atoms with Crippen LogP contribution in [0.5, 0.6) is 5.75 Å². The van der Waals surface area contributed by atoms with Gasteiger partial charge in [0.15, 0.2) is 0 Å². The summed E-state index contributed by atoms with van der Waals surface area (Å²) < 4.78 is 18.9. The lowest BCUT2D eigenvalue weighted by molar-refractivity contribution is 0.0895. The molecule has 0 aromatic heterocycles. The fourth-order valence-electron chi connectivity index (χ4n) is 2.59.